The molecule has 0 bridgehead atoms. The number of carbonyl (C=O) groups excluding carboxylic acids is 1. The first-order chi connectivity index (χ1) is 18.5. The highest BCUT2D eigenvalue weighted by Gasteiger charge is 2.20. The molecule has 0 N–H and O–H groups in total. The summed E-state index contributed by atoms with van der Waals surface area (Å²) in [5, 5.41) is 9.82. The molecule has 38 heavy (non-hydrogen) atoms. The van der Waals surface area contributed by atoms with E-state index in [0.717, 1.165) is 24.0 Å². The van der Waals surface area contributed by atoms with E-state index >= 15 is 0 Å². The maximum Gasteiger partial charge on any atom is 0.253 e. The Morgan fingerprint density at radius 3 is 2.66 bits per heavy atom. The number of fused-ring (bicyclic) bond motifs is 1. The summed E-state index contributed by atoms with van der Waals surface area (Å²) in [6.07, 6.45) is 3.37. The standard InChI is InChI=1S/C30H29N3O5/c1-4-33(2)30(34)20-5-7-24(27(16-20)35-3)28-17-25-29(38-28)23(9-12-32-25)19-6-8-26(21(15-19)18-31)37-22-10-13-36-14-11-22/h5-9,12,15-17,22H,4,10-11,13-14H2,1-3H3. The predicted molar refractivity (Wildman–Crippen MR) is 143 cm³/mol. The van der Waals surface area contributed by atoms with Crippen LogP contribution in [0.15, 0.2) is 59.1 Å². The van der Waals surface area contributed by atoms with Crippen molar-refractivity contribution in [2.45, 2.75) is 25.9 Å². The van der Waals surface area contributed by atoms with Crippen LogP contribution >= 0.6 is 0 Å². The van der Waals surface area contributed by atoms with Crippen molar-refractivity contribution in [3.8, 4) is 40.0 Å². The van der Waals surface area contributed by atoms with Gasteiger partial charge in [0.2, 0.25) is 0 Å². The number of nitrogens with zero attached hydrogens (tertiary/aromatic N) is 3. The number of hydrogen-bond acceptors (Lipinski definition) is 7. The normalized spacial score (nSPS) is 13.7. The first-order valence-corrected chi connectivity index (χ1v) is 12.6. The van der Waals surface area contributed by atoms with Crippen molar-refractivity contribution in [2.24, 2.45) is 0 Å². The van der Waals surface area contributed by atoms with Crippen molar-refractivity contribution in [2.75, 3.05) is 33.9 Å². The summed E-state index contributed by atoms with van der Waals surface area (Å²) >= 11 is 0. The molecule has 2 aromatic heterocycles. The number of methoxy groups -OCH3 is 1. The lowest BCUT2D eigenvalue weighted by Gasteiger charge is -2.23. The van der Waals surface area contributed by atoms with E-state index in [0.29, 0.717) is 64.8 Å². The Hall–Kier alpha value is -4.35. The van der Waals surface area contributed by atoms with Crippen molar-refractivity contribution in [1.82, 2.24) is 9.88 Å². The van der Waals surface area contributed by atoms with E-state index in [9.17, 15) is 10.1 Å². The van der Waals surface area contributed by atoms with E-state index in [4.69, 9.17) is 18.6 Å². The number of ether oxygens (including phenoxy) is 3. The summed E-state index contributed by atoms with van der Waals surface area (Å²) < 4.78 is 23.4. The van der Waals surface area contributed by atoms with Gasteiger partial charge >= 0.3 is 0 Å². The third-order valence-electron chi connectivity index (χ3n) is 6.82. The number of amides is 1. The fourth-order valence-electron chi connectivity index (χ4n) is 4.55. The van der Waals surface area contributed by atoms with Gasteiger partial charge in [0.25, 0.3) is 5.91 Å². The Bertz CT molecular complexity index is 1510. The topological polar surface area (TPSA) is 97.8 Å². The van der Waals surface area contributed by atoms with Gasteiger partial charge in [-0.25, -0.2) is 0 Å². The zero-order valence-corrected chi connectivity index (χ0v) is 21.7. The fraction of sp³-hybridized carbons (Fsp3) is 0.300. The molecule has 0 unspecified atom stereocenters. The molecule has 0 spiro atoms. The van der Waals surface area contributed by atoms with Gasteiger partial charge < -0.3 is 23.5 Å². The second kappa shape index (κ2) is 11.0. The Kier molecular flexibility index (Phi) is 7.29. The SMILES string of the molecule is CCN(C)C(=O)c1ccc(-c2cc3nccc(-c4ccc(OC5CCOCC5)c(C#N)c4)c3o2)c(OC)c1. The Balaban J connectivity index is 1.50. The molecule has 0 radical (unpaired) electrons. The minimum absolute atomic E-state index is 0.0426. The molecule has 0 saturated carbocycles. The summed E-state index contributed by atoms with van der Waals surface area (Å²) in [5.74, 6) is 1.59. The molecular formula is C30H29N3O5. The van der Waals surface area contributed by atoms with Gasteiger partial charge in [-0.1, -0.05) is 6.07 Å². The average Bonchev–Trinajstić information content (AvgIpc) is 3.41. The van der Waals surface area contributed by atoms with Gasteiger partial charge in [0.15, 0.2) is 5.58 Å². The van der Waals surface area contributed by atoms with E-state index in [1.807, 2.05) is 43.3 Å². The third kappa shape index (κ3) is 4.93. The third-order valence-corrected chi connectivity index (χ3v) is 6.82. The molecule has 8 nitrogen and oxygen atoms in total. The van der Waals surface area contributed by atoms with Gasteiger partial charge in [0.05, 0.1) is 31.5 Å². The van der Waals surface area contributed by atoms with Crippen LogP contribution in [0.25, 0.3) is 33.6 Å². The molecule has 1 amide bonds. The first kappa shape index (κ1) is 25.3. The lowest BCUT2D eigenvalue weighted by molar-refractivity contribution is 0.0254. The molecule has 8 heteroatoms. The fourth-order valence-corrected chi connectivity index (χ4v) is 4.55. The smallest absolute Gasteiger partial charge is 0.253 e. The average molecular weight is 512 g/mol. The first-order valence-electron chi connectivity index (χ1n) is 12.6. The van der Waals surface area contributed by atoms with E-state index in [-0.39, 0.29) is 12.0 Å². The van der Waals surface area contributed by atoms with Crippen LogP contribution in [-0.2, 0) is 4.74 Å². The van der Waals surface area contributed by atoms with Crippen molar-refractivity contribution >= 4 is 17.0 Å². The molecular weight excluding hydrogens is 482 g/mol. The molecule has 0 atom stereocenters. The zero-order valence-electron chi connectivity index (χ0n) is 21.7. The molecule has 1 aliphatic heterocycles. The minimum Gasteiger partial charge on any atom is -0.496 e. The van der Waals surface area contributed by atoms with E-state index < -0.39 is 0 Å². The maximum absolute atomic E-state index is 12.6. The molecule has 3 heterocycles. The Morgan fingerprint density at radius 1 is 1.11 bits per heavy atom. The molecule has 4 aromatic rings. The Labute approximate surface area is 221 Å². The lowest BCUT2D eigenvalue weighted by Crippen LogP contribution is -2.26. The summed E-state index contributed by atoms with van der Waals surface area (Å²) in [6.45, 7) is 3.87. The van der Waals surface area contributed by atoms with E-state index in [2.05, 4.69) is 11.1 Å². The van der Waals surface area contributed by atoms with Gasteiger partial charge in [-0.15, -0.1) is 0 Å². The van der Waals surface area contributed by atoms with Crippen LogP contribution in [0, 0.1) is 11.3 Å². The largest absolute Gasteiger partial charge is 0.496 e. The zero-order chi connectivity index (χ0) is 26.6. The number of nitriles is 1. The second-order valence-electron chi connectivity index (χ2n) is 9.17. The summed E-state index contributed by atoms with van der Waals surface area (Å²) in [6, 6.07) is 16.9. The second-order valence-corrected chi connectivity index (χ2v) is 9.17. The summed E-state index contributed by atoms with van der Waals surface area (Å²) in [7, 11) is 3.33. The van der Waals surface area contributed by atoms with Crippen LogP contribution in [0.4, 0.5) is 0 Å². The van der Waals surface area contributed by atoms with Crippen LogP contribution in [0.3, 0.4) is 0 Å². The van der Waals surface area contributed by atoms with Gasteiger partial charge in [-0.05, 0) is 48.9 Å². The number of furan rings is 1. The Morgan fingerprint density at radius 2 is 1.92 bits per heavy atom. The van der Waals surface area contributed by atoms with Crippen LogP contribution < -0.4 is 9.47 Å². The van der Waals surface area contributed by atoms with Gasteiger partial charge in [-0.3, -0.25) is 9.78 Å². The molecule has 194 valence electrons. The number of pyridine rings is 1. The number of aromatic nitrogens is 1. The van der Waals surface area contributed by atoms with E-state index in [1.54, 1.807) is 37.4 Å². The highest BCUT2D eigenvalue weighted by atomic mass is 16.5. The van der Waals surface area contributed by atoms with Crippen molar-refractivity contribution < 1.29 is 23.4 Å². The molecule has 0 aliphatic carbocycles. The van der Waals surface area contributed by atoms with E-state index in [1.165, 1.54) is 0 Å². The number of hydrogen-bond donors (Lipinski definition) is 0. The monoisotopic (exact) mass is 511 g/mol. The van der Waals surface area contributed by atoms with Crippen LogP contribution in [0.1, 0.15) is 35.7 Å². The summed E-state index contributed by atoms with van der Waals surface area (Å²) in [5.41, 5.74) is 4.62. The number of carbonyl (C=O) groups is 1. The lowest BCUT2D eigenvalue weighted by atomic mass is 10.0. The van der Waals surface area contributed by atoms with Crippen molar-refractivity contribution in [3.63, 3.8) is 0 Å². The summed E-state index contributed by atoms with van der Waals surface area (Å²) in [4.78, 5) is 18.8. The van der Waals surface area contributed by atoms with Crippen LogP contribution in [-0.4, -0.2) is 55.8 Å². The highest BCUT2D eigenvalue weighted by Crippen LogP contribution is 2.38. The molecule has 2 aromatic carbocycles. The predicted octanol–water partition coefficient (Wildman–Crippen LogP) is 5.69. The molecule has 1 aliphatic rings. The number of rotatable bonds is 7. The molecule has 1 fully saturated rings. The molecule has 1 saturated heterocycles. The quantitative estimate of drug-likeness (QED) is 0.314. The molecule has 5 rings (SSSR count). The van der Waals surface area contributed by atoms with Gasteiger partial charge in [0, 0.05) is 49.8 Å². The van der Waals surface area contributed by atoms with Crippen molar-refractivity contribution in [1.29, 1.82) is 5.26 Å². The van der Waals surface area contributed by atoms with Crippen LogP contribution in [0.2, 0.25) is 0 Å². The van der Waals surface area contributed by atoms with Crippen LogP contribution in [0.5, 0.6) is 11.5 Å². The minimum atomic E-state index is -0.0801. The maximum atomic E-state index is 12.6. The number of benzene rings is 2. The van der Waals surface area contributed by atoms with Gasteiger partial charge in [0.1, 0.15) is 34.9 Å². The van der Waals surface area contributed by atoms with Gasteiger partial charge in [-0.2, -0.15) is 5.26 Å². The highest BCUT2D eigenvalue weighted by molar-refractivity contribution is 5.96. The van der Waals surface area contributed by atoms with Crippen molar-refractivity contribution in [3.05, 3.63) is 65.9 Å².